The van der Waals surface area contributed by atoms with Gasteiger partial charge in [-0.15, -0.1) is 0 Å². The van der Waals surface area contributed by atoms with Gasteiger partial charge in [0.2, 0.25) is 5.91 Å². The van der Waals surface area contributed by atoms with E-state index in [9.17, 15) is 9.59 Å². The number of hydrogen-bond donors (Lipinski definition) is 3. The molecule has 0 heterocycles. The third-order valence-electron chi connectivity index (χ3n) is 2.42. The Labute approximate surface area is 106 Å². The largest absolute Gasteiger partial charge is 0.480 e. The number of carbonyl (C=O) groups is 2. The summed E-state index contributed by atoms with van der Waals surface area (Å²) in [6.45, 7) is 4.10. The molecular formula is C13H18N2O3. The van der Waals surface area contributed by atoms with Gasteiger partial charge < -0.3 is 15.7 Å². The molecule has 0 aliphatic carbocycles. The van der Waals surface area contributed by atoms with Gasteiger partial charge in [0.15, 0.2) is 0 Å². The monoisotopic (exact) mass is 250 g/mol. The van der Waals surface area contributed by atoms with Crippen LogP contribution in [0.1, 0.15) is 19.4 Å². The molecule has 0 saturated heterocycles. The fourth-order valence-electron chi connectivity index (χ4n) is 1.69. The molecule has 0 aromatic heterocycles. The van der Waals surface area contributed by atoms with Crippen LogP contribution in [0.4, 0.5) is 5.69 Å². The van der Waals surface area contributed by atoms with Gasteiger partial charge in [-0.1, -0.05) is 12.1 Å². The fourth-order valence-corrected chi connectivity index (χ4v) is 1.69. The molecule has 0 fully saturated rings. The van der Waals surface area contributed by atoms with Gasteiger partial charge in [0.25, 0.3) is 0 Å². The topological polar surface area (TPSA) is 78.4 Å². The summed E-state index contributed by atoms with van der Waals surface area (Å²) in [5.41, 5.74) is 1.82. The van der Waals surface area contributed by atoms with Crippen molar-refractivity contribution in [3.05, 3.63) is 29.8 Å². The third-order valence-corrected chi connectivity index (χ3v) is 2.42. The summed E-state index contributed by atoms with van der Waals surface area (Å²) >= 11 is 0. The van der Waals surface area contributed by atoms with Crippen molar-refractivity contribution in [3.63, 3.8) is 0 Å². The molecule has 5 nitrogen and oxygen atoms in total. The number of benzene rings is 1. The van der Waals surface area contributed by atoms with Crippen LogP contribution in [0.3, 0.4) is 0 Å². The molecule has 3 N–H and O–H groups in total. The second-order valence-corrected chi connectivity index (χ2v) is 4.03. The Bertz CT molecular complexity index is 432. The van der Waals surface area contributed by atoms with Crippen molar-refractivity contribution < 1.29 is 14.7 Å². The van der Waals surface area contributed by atoms with Gasteiger partial charge >= 0.3 is 5.97 Å². The maximum atomic E-state index is 11.0. The molecule has 5 heteroatoms. The molecule has 0 bridgehead atoms. The highest BCUT2D eigenvalue weighted by Crippen LogP contribution is 2.12. The first-order valence-electron chi connectivity index (χ1n) is 5.85. The Hall–Kier alpha value is -2.04. The second kappa shape index (κ2) is 6.64. The van der Waals surface area contributed by atoms with Crippen LogP contribution in [0, 0.1) is 0 Å². The molecule has 1 rings (SSSR count). The van der Waals surface area contributed by atoms with Crippen molar-refractivity contribution >= 4 is 17.6 Å². The standard InChI is InChI=1S/C13H18N2O3/c1-3-14-11-6-4-5-10(7-11)8-12(13(17)18)15-9(2)16/h4-7,12,14H,3,8H2,1-2H3,(H,15,16)(H,17,18). The van der Waals surface area contributed by atoms with Crippen molar-refractivity contribution in [1.82, 2.24) is 5.32 Å². The van der Waals surface area contributed by atoms with Gasteiger partial charge in [0, 0.05) is 25.6 Å². The van der Waals surface area contributed by atoms with Crippen LogP contribution in [-0.2, 0) is 16.0 Å². The molecule has 1 aromatic rings. The summed E-state index contributed by atoms with van der Waals surface area (Å²) in [6.07, 6.45) is 0.272. The Balaban J connectivity index is 2.76. The molecular weight excluding hydrogens is 232 g/mol. The summed E-state index contributed by atoms with van der Waals surface area (Å²) in [7, 11) is 0. The van der Waals surface area contributed by atoms with E-state index in [1.807, 2.05) is 31.2 Å². The minimum atomic E-state index is -1.03. The van der Waals surface area contributed by atoms with Crippen LogP contribution < -0.4 is 10.6 Å². The van der Waals surface area contributed by atoms with E-state index in [0.717, 1.165) is 17.8 Å². The van der Waals surface area contributed by atoms with E-state index >= 15 is 0 Å². The number of anilines is 1. The van der Waals surface area contributed by atoms with E-state index < -0.39 is 12.0 Å². The van der Waals surface area contributed by atoms with Crippen LogP contribution in [0.15, 0.2) is 24.3 Å². The van der Waals surface area contributed by atoms with Gasteiger partial charge in [-0.2, -0.15) is 0 Å². The maximum absolute atomic E-state index is 11.0. The Kier molecular flexibility index (Phi) is 5.17. The smallest absolute Gasteiger partial charge is 0.326 e. The highest BCUT2D eigenvalue weighted by Gasteiger charge is 2.18. The van der Waals surface area contributed by atoms with E-state index in [-0.39, 0.29) is 12.3 Å². The van der Waals surface area contributed by atoms with E-state index in [0.29, 0.717) is 0 Å². The van der Waals surface area contributed by atoms with Crippen molar-refractivity contribution in [2.45, 2.75) is 26.3 Å². The van der Waals surface area contributed by atoms with Crippen molar-refractivity contribution in [1.29, 1.82) is 0 Å². The van der Waals surface area contributed by atoms with Crippen LogP contribution in [0.25, 0.3) is 0 Å². The highest BCUT2D eigenvalue weighted by molar-refractivity contribution is 5.82. The fraction of sp³-hybridized carbons (Fsp3) is 0.385. The number of carbonyl (C=O) groups excluding carboxylic acids is 1. The molecule has 1 amide bonds. The predicted molar refractivity (Wildman–Crippen MR) is 69.6 cm³/mol. The van der Waals surface area contributed by atoms with Crippen LogP contribution >= 0.6 is 0 Å². The predicted octanol–water partition coefficient (Wildman–Crippen LogP) is 1.25. The number of nitrogens with one attached hydrogen (secondary N) is 2. The quantitative estimate of drug-likeness (QED) is 0.710. The van der Waals surface area contributed by atoms with E-state index in [2.05, 4.69) is 10.6 Å². The van der Waals surface area contributed by atoms with Gasteiger partial charge in [0.1, 0.15) is 6.04 Å². The van der Waals surface area contributed by atoms with E-state index in [1.54, 1.807) is 0 Å². The normalized spacial score (nSPS) is 11.7. The zero-order chi connectivity index (χ0) is 13.5. The zero-order valence-corrected chi connectivity index (χ0v) is 10.6. The third kappa shape index (κ3) is 4.45. The molecule has 18 heavy (non-hydrogen) atoms. The minimum Gasteiger partial charge on any atom is -0.480 e. The number of hydrogen-bond acceptors (Lipinski definition) is 3. The Morgan fingerprint density at radius 1 is 1.39 bits per heavy atom. The lowest BCUT2D eigenvalue weighted by molar-refractivity contribution is -0.141. The van der Waals surface area contributed by atoms with Gasteiger partial charge in [-0.25, -0.2) is 4.79 Å². The molecule has 1 unspecified atom stereocenters. The molecule has 1 aromatic carbocycles. The number of carboxylic acids is 1. The van der Waals surface area contributed by atoms with E-state index in [1.165, 1.54) is 6.92 Å². The highest BCUT2D eigenvalue weighted by atomic mass is 16.4. The average molecular weight is 250 g/mol. The van der Waals surface area contributed by atoms with Crippen molar-refractivity contribution in [3.8, 4) is 0 Å². The lowest BCUT2D eigenvalue weighted by Crippen LogP contribution is -2.41. The van der Waals surface area contributed by atoms with Gasteiger partial charge in [-0.05, 0) is 24.6 Å². The maximum Gasteiger partial charge on any atom is 0.326 e. The van der Waals surface area contributed by atoms with Gasteiger partial charge in [-0.3, -0.25) is 4.79 Å². The summed E-state index contributed by atoms with van der Waals surface area (Å²) in [6, 6.07) is 6.63. The van der Waals surface area contributed by atoms with E-state index in [4.69, 9.17) is 5.11 Å². The number of amides is 1. The molecule has 0 saturated carbocycles. The van der Waals surface area contributed by atoms with Gasteiger partial charge in [0.05, 0.1) is 0 Å². The summed E-state index contributed by atoms with van der Waals surface area (Å²) < 4.78 is 0. The van der Waals surface area contributed by atoms with Crippen molar-refractivity contribution in [2.24, 2.45) is 0 Å². The summed E-state index contributed by atoms with van der Waals surface area (Å²) in [4.78, 5) is 22.0. The molecule has 0 radical (unpaired) electrons. The number of carboxylic acid groups (broad SMARTS) is 1. The summed E-state index contributed by atoms with van der Waals surface area (Å²) in [5, 5.41) is 14.6. The zero-order valence-electron chi connectivity index (χ0n) is 10.6. The molecule has 0 aliphatic heterocycles. The lowest BCUT2D eigenvalue weighted by atomic mass is 10.1. The summed E-state index contributed by atoms with van der Waals surface area (Å²) in [5.74, 6) is -1.37. The van der Waals surface area contributed by atoms with Crippen LogP contribution in [-0.4, -0.2) is 29.6 Å². The Morgan fingerprint density at radius 3 is 2.67 bits per heavy atom. The molecule has 98 valence electrons. The first kappa shape index (κ1) is 14.0. The Morgan fingerprint density at radius 2 is 2.11 bits per heavy atom. The lowest BCUT2D eigenvalue weighted by Gasteiger charge is -2.14. The minimum absolute atomic E-state index is 0.272. The number of rotatable bonds is 6. The van der Waals surface area contributed by atoms with Crippen molar-refractivity contribution in [2.75, 3.05) is 11.9 Å². The van der Waals surface area contributed by atoms with Crippen LogP contribution in [0.2, 0.25) is 0 Å². The second-order valence-electron chi connectivity index (χ2n) is 4.03. The molecule has 0 spiro atoms. The molecule has 1 atom stereocenters. The number of aliphatic carboxylic acids is 1. The first-order valence-corrected chi connectivity index (χ1v) is 5.85. The SMILES string of the molecule is CCNc1cccc(CC(NC(C)=O)C(=O)O)c1. The first-order chi connectivity index (χ1) is 8.52. The molecule has 0 aliphatic rings. The average Bonchev–Trinajstić information content (AvgIpc) is 2.28. The van der Waals surface area contributed by atoms with Crippen LogP contribution in [0.5, 0.6) is 0 Å².